The first-order chi connectivity index (χ1) is 16.2. The maximum atomic E-state index is 14.6. The molecule has 0 bridgehead atoms. The molecule has 0 aliphatic rings. The van der Waals surface area contributed by atoms with E-state index in [9.17, 15) is 4.57 Å². The van der Waals surface area contributed by atoms with E-state index in [0.717, 1.165) is 38.9 Å². The van der Waals surface area contributed by atoms with Crippen molar-refractivity contribution in [2.24, 2.45) is 0 Å². The van der Waals surface area contributed by atoms with Gasteiger partial charge in [-0.3, -0.25) is 9.97 Å². The molecule has 5 heteroatoms. The van der Waals surface area contributed by atoms with E-state index < -0.39 is 7.14 Å². The third-order valence-electron chi connectivity index (χ3n) is 5.49. The van der Waals surface area contributed by atoms with Gasteiger partial charge in [0.2, 0.25) is 0 Å². The molecule has 0 fully saturated rings. The van der Waals surface area contributed by atoms with Gasteiger partial charge in [0, 0.05) is 29.2 Å². The molecule has 0 radical (unpaired) electrons. The van der Waals surface area contributed by atoms with Gasteiger partial charge in [-0.1, -0.05) is 72.8 Å². The van der Waals surface area contributed by atoms with Crippen molar-refractivity contribution < 1.29 is 4.57 Å². The maximum absolute atomic E-state index is 14.6. The molecule has 160 valence electrons. The standard InChI is InChI=1S/C28H22N3OP/c32-33(23-11-3-1-4-12-23,24-13-5-2-6-14-24)21-22-19-27(25-15-7-9-17-29-25)31-28(20-22)26-16-8-10-18-30-26/h1-20H,21H2. The molecule has 0 atom stereocenters. The van der Waals surface area contributed by atoms with Crippen LogP contribution in [0.25, 0.3) is 22.8 Å². The lowest BCUT2D eigenvalue weighted by Crippen LogP contribution is -2.17. The summed E-state index contributed by atoms with van der Waals surface area (Å²) in [4.78, 5) is 13.8. The molecule has 5 aromatic rings. The zero-order chi connectivity index (χ0) is 22.5. The van der Waals surface area contributed by atoms with Gasteiger partial charge in [0.25, 0.3) is 0 Å². The Bertz CT molecular complexity index is 1290. The van der Waals surface area contributed by atoms with Gasteiger partial charge in [0.1, 0.15) is 7.14 Å². The highest BCUT2D eigenvalue weighted by Gasteiger charge is 2.28. The second-order valence-corrected chi connectivity index (χ2v) is 10.6. The Kier molecular flexibility index (Phi) is 5.93. The van der Waals surface area contributed by atoms with Gasteiger partial charge in [-0.15, -0.1) is 0 Å². The van der Waals surface area contributed by atoms with Crippen molar-refractivity contribution in [2.75, 3.05) is 0 Å². The molecule has 0 aliphatic carbocycles. The second-order valence-electron chi connectivity index (χ2n) is 7.74. The zero-order valence-electron chi connectivity index (χ0n) is 18.0. The Labute approximate surface area is 193 Å². The molecule has 33 heavy (non-hydrogen) atoms. The molecule has 2 aromatic carbocycles. The van der Waals surface area contributed by atoms with Gasteiger partial charge >= 0.3 is 0 Å². The van der Waals surface area contributed by atoms with Crippen LogP contribution in [0, 0.1) is 0 Å². The van der Waals surface area contributed by atoms with Crippen LogP contribution in [-0.4, -0.2) is 15.0 Å². The summed E-state index contributed by atoms with van der Waals surface area (Å²) >= 11 is 0. The minimum absolute atomic E-state index is 0.378. The molecule has 5 rings (SSSR count). The van der Waals surface area contributed by atoms with E-state index in [-0.39, 0.29) is 0 Å². The highest BCUT2D eigenvalue weighted by atomic mass is 31.2. The SMILES string of the molecule is O=P(Cc1cc(-c2ccccn2)nc(-c2ccccn2)c1)(c1ccccc1)c1ccccc1. The Hall–Kier alpha value is -3.88. The smallest absolute Gasteiger partial charge is 0.147 e. The normalized spacial score (nSPS) is 11.3. The number of nitrogens with zero attached hydrogens (tertiary/aromatic N) is 3. The highest BCUT2D eigenvalue weighted by molar-refractivity contribution is 7.78. The third-order valence-corrected chi connectivity index (χ3v) is 8.57. The van der Waals surface area contributed by atoms with E-state index in [4.69, 9.17) is 4.98 Å². The van der Waals surface area contributed by atoms with Crippen LogP contribution in [0.5, 0.6) is 0 Å². The molecule has 0 spiro atoms. The highest BCUT2D eigenvalue weighted by Crippen LogP contribution is 2.47. The lowest BCUT2D eigenvalue weighted by Gasteiger charge is -2.20. The van der Waals surface area contributed by atoms with Crippen molar-refractivity contribution in [1.29, 1.82) is 0 Å². The molecule has 3 heterocycles. The Balaban J connectivity index is 1.67. The van der Waals surface area contributed by atoms with E-state index in [1.165, 1.54) is 0 Å². The molecule has 0 saturated carbocycles. The molecular weight excluding hydrogens is 425 g/mol. The minimum Gasteiger partial charge on any atom is -0.313 e. The van der Waals surface area contributed by atoms with Gasteiger partial charge in [-0.2, -0.15) is 0 Å². The first kappa shape index (κ1) is 21.0. The summed E-state index contributed by atoms with van der Waals surface area (Å²) in [5, 5.41) is 1.68. The molecule has 0 amide bonds. The number of hydrogen-bond donors (Lipinski definition) is 0. The van der Waals surface area contributed by atoms with E-state index in [0.29, 0.717) is 6.16 Å². The molecular formula is C28H22N3OP. The molecule has 0 aliphatic heterocycles. The summed E-state index contributed by atoms with van der Waals surface area (Å²) in [5.41, 5.74) is 3.95. The van der Waals surface area contributed by atoms with E-state index in [2.05, 4.69) is 9.97 Å². The van der Waals surface area contributed by atoms with Crippen molar-refractivity contribution in [3.8, 4) is 22.8 Å². The van der Waals surface area contributed by atoms with Crippen LogP contribution in [0.4, 0.5) is 0 Å². The number of aromatic nitrogens is 3. The molecule has 0 unspecified atom stereocenters. The fourth-order valence-corrected chi connectivity index (χ4v) is 6.56. The maximum Gasteiger partial charge on any atom is 0.147 e. The largest absolute Gasteiger partial charge is 0.313 e. The van der Waals surface area contributed by atoms with E-state index in [1.807, 2.05) is 109 Å². The number of rotatable bonds is 6. The first-order valence-corrected chi connectivity index (χ1v) is 12.7. The van der Waals surface area contributed by atoms with Gasteiger partial charge in [0.05, 0.1) is 22.8 Å². The van der Waals surface area contributed by atoms with Gasteiger partial charge < -0.3 is 4.57 Å². The minimum atomic E-state index is -2.94. The summed E-state index contributed by atoms with van der Waals surface area (Å²) in [6, 6.07) is 35.0. The van der Waals surface area contributed by atoms with Crippen molar-refractivity contribution in [1.82, 2.24) is 15.0 Å². The Morgan fingerprint density at radius 3 is 1.42 bits per heavy atom. The summed E-state index contributed by atoms with van der Waals surface area (Å²) < 4.78 is 14.6. The molecule has 4 nitrogen and oxygen atoms in total. The van der Waals surface area contributed by atoms with E-state index in [1.54, 1.807) is 12.4 Å². The lowest BCUT2D eigenvalue weighted by atomic mass is 10.1. The zero-order valence-corrected chi connectivity index (χ0v) is 18.8. The van der Waals surface area contributed by atoms with Crippen LogP contribution in [-0.2, 0) is 10.7 Å². The van der Waals surface area contributed by atoms with Gasteiger partial charge in [0.15, 0.2) is 0 Å². The van der Waals surface area contributed by atoms with Crippen molar-refractivity contribution >= 4 is 17.8 Å². The third kappa shape index (κ3) is 4.52. The Morgan fingerprint density at radius 1 is 0.545 bits per heavy atom. The van der Waals surface area contributed by atoms with Crippen molar-refractivity contribution in [3.63, 3.8) is 0 Å². The monoisotopic (exact) mass is 447 g/mol. The van der Waals surface area contributed by atoms with Crippen molar-refractivity contribution in [3.05, 3.63) is 127 Å². The van der Waals surface area contributed by atoms with Crippen molar-refractivity contribution in [2.45, 2.75) is 6.16 Å². The van der Waals surface area contributed by atoms with Crippen LogP contribution in [0.2, 0.25) is 0 Å². The average Bonchev–Trinajstić information content (AvgIpc) is 2.90. The summed E-state index contributed by atoms with van der Waals surface area (Å²) in [5.74, 6) is 0. The topological polar surface area (TPSA) is 55.7 Å². The van der Waals surface area contributed by atoms with E-state index >= 15 is 0 Å². The number of pyridine rings is 3. The quantitative estimate of drug-likeness (QED) is 0.313. The summed E-state index contributed by atoms with van der Waals surface area (Å²) in [7, 11) is -2.94. The second kappa shape index (κ2) is 9.32. The fourth-order valence-electron chi connectivity index (χ4n) is 3.90. The average molecular weight is 447 g/mol. The van der Waals surface area contributed by atoms with Crippen LogP contribution in [0.3, 0.4) is 0 Å². The first-order valence-electron chi connectivity index (χ1n) is 10.8. The lowest BCUT2D eigenvalue weighted by molar-refractivity contribution is 0.586. The molecule has 0 N–H and O–H groups in total. The molecule has 3 aromatic heterocycles. The van der Waals surface area contributed by atoms with Crippen LogP contribution in [0.1, 0.15) is 5.56 Å². The summed E-state index contributed by atoms with van der Waals surface area (Å²) in [6.07, 6.45) is 3.88. The predicted octanol–water partition coefficient (Wildman–Crippen LogP) is 5.72. The van der Waals surface area contributed by atoms with Gasteiger partial charge in [-0.05, 0) is 42.0 Å². The fraction of sp³-hybridized carbons (Fsp3) is 0.0357. The predicted molar refractivity (Wildman–Crippen MR) is 134 cm³/mol. The van der Waals surface area contributed by atoms with Crippen LogP contribution < -0.4 is 10.6 Å². The number of benzene rings is 2. The molecule has 0 saturated heterocycles. The number of hydrogen-bond acceptors (Lipinski definition) is 4. The summed E-state index contributed by atoms with van der Waals surface area (Å²) in [6.45, 7) is 0. The van der Waals surface area contributed by atoms with Gasteiger partial charge in [-0.25, -0.2) is 4.98 Å². The van der Waals surface area contributed by atoms with Crippen LogP contribution in [0.15, 0.2) is 122 Å². The Morgan fingerprint density at radius 2 is 1.00 bits per heavy atom. The van der Waals surface area contributed by atoms with Crippen LogP contribution >= 0.6 is 7.14 Å².